The average molecular weight is 389 g/mol. The Balaban J connectivity index is 2.09. The van der Waals surface area contributed by atoms with Crippen LogP contribution in [0.2, 0.25) is 0 Å². The summed E-state index contributed by atoms with van der Waals surface area (Å²) in [6.45, 7) is 5.93. The highest BCUT2D eigenvalue weighted by atomic mass is 79.9. The van der Waals surface area contributed by atoms with Crippen LogP contribution in [0.1, 0.15) is 12.5 Å². The van der Waals surface area contributed by atoms with Crippen LogP contribution in [0, 0.1) is 6.92 Å². The highest BCUT2D eigenvalue weighted by Gasteiger charge is 2.46. The number of anilines is 1. The normalized spacial score (nSPS) is 25.8. The lowest BCUT2D eigenvalue weighted by Gasteiger charge is -2.25. The molecule has 0 bridgehead atoms. The molecule has 1 aromatic rings. The average Bonchev–Trinajstić information content (AvgIpc) is 2.82. The van der Waals surface area contributed by atoms with Gasteiger partial charge in [0.25, 0.3) is 0 Å². The lowest BCUT2D eigenvalue weighted by atomic mass is 10.2. The Hall–Kier alpha value is -0.590. The zero-order valence-electron chi connectivity index (χ0n) is 10.8. The third kappa shape index (κ3) is 2.10. The van der Waals surface area contributed by atoms with E-state index >= 15 is 0 Å². The second kappa shape index (κ2) is 4.46. The third-order valence-corrected chi connectivity index (χ3v) is 4.74. The third-order valence-electron chi connectivity index (χ3n) is 3.53. The Kier molecular flexibility index (Phi) is 3.15. The van der Waals surface area contributed by atoms with E-state index in [-0.39, 0.29) is 0 Å². The maximum Gasteiger partial charge on any atom is 0.203 e. The van der Waals surface area contributed by atoms with Gasteiger partial charge in [-0.15, -0.1) is 0 Å². The fourth-order valence-electron chi connectivity index (χ4n) is 2.71. The minimum absolute atomic E-state index is 0.520. The summed E-state index contributed by atoms with van der Waals surface area (Å²) in [6.07, 6.45) is 0. The van der Waals surface area contributed by atoms with Crippen LogP contribution in [0.5, 0.6) is 0 Å². The summed E-state index contributed by atoms with van der Waals surface area (Å²) in [5.41, 5.74) is 1.34. The fourth-order valence-corrected chi connectivity index (χ4v) is 4.55. The molecule has 0 radical (unpaired) electrons. The second-order valence-corrected chi connectivity index (χ2v) is 6.92. The van der Waals surface area contributed by atoms with Gasteiger partial charge >= 0.3 is 0 Å². The van der Waals surface area contributed by atoms with Crippen LogP contribution in [-0.4, -0.2) is 41.3 Å². The van der Waals surface area contributed by atoms with E-state index in [2.05, 4.69) is 60.8 Å². The molecule has 2 aliphatic rings. The van der Waals surface area contributed by atoms with Gasteiger partial charge in [-0.3, -0.25) is 4.99 Å². The lowest BCUT2D eigenvalue weighted by Crippen LogP contribution is -2.43. The molecule has 0 aliphatic carbocycles. The number of hydrogen-bond acceptors (Lipinski definition) is 4. The van der Waals surface area contributed by atoms with E-state index in [1.54, 1.807) is 0 Å². The van der Waals surface area contributed by atoms with E-state index in [0.29, 0.717) is 6.54 Å². The van der Waals surface area contributed by atoms with Gasteiger partial charge in [0, 0.05) is 15.5 Å². The first-order chi connectivity index (χ1) is 8.90. The summed E-state index contributed by atoms with van der Waals surface area (Å²) in [5.74, 6) is 0.857. The van der Waals surface area contributed by atoms with Gasteiger partial charge in [0.2, 0.25) is 5.96 Å². The van der Waals surface area contributed by atoms with E-state index in [0.717, 1.165) is 33.7 Å². The van der Waals surface area contributed by atoms with Gasteiger partial charge in [-0.1, -0.05) is 0 Å². The zero-order valence-corrected chi connectivity index (χ0v) is 14.0. The molecule has 0 amide bonds. The van der Waals surface area contributed by atoms with Gasteiger partial charge in [0.05, 0.1) is 18.8 Å². The van der Waals surface area contributed by atoms with Crippen molar-refractivity contribution in [2.45, 2.75) is 19.6 Å². The van der Waals surface area contributed by atoms with Gasteiger partial charge in [-0.25, -0.2) is 0 Å². The Morgan fingerprint density at radius 3 is 2.58 bits per heavy atom. The zero-order chi connectivity index (χ0) is 13.8. The van der Waals surface area contributed by atoms with E-state index < -0.39 is 5.72 Å². The Morgan fingerprint density at radius 2 is 1.95 bits per heavy atom. The van der Waals surface area contributed by atoms with Crippen LogP contribution >= 0.6 is 31.9 Å². The van der Waals surface area contributed by atoms with Crippen molar-refractivity contribution in [3.05, 3.63) is 26.6 Å². The van der Waals surface area contributed by atoms with Gasteiger partial charge in [-0.2, -0.15) is 0 Å². The van der Waals surface area contributed by atoms with Crippen molar-refractivity contribution in [2.75, 3.05) is 24.5 Å². The number of rotatable bonds is 1. The topological polar surface area (TPSA) is 39.1 Å². The number of β-amino-alcohol motifs (C(OH)–C–C–N with tert-alkyl or cyclic N) is 1. The monoisotopic (exact) mass is 387 g/mol. The molecule has 0 aromatic heterocycles. The number of aliphatic hydroxyl groups is 1. The molecule has 19 heavy (non-hydrogen) atoms. The van der Waals surface area contributed by atoms with Crippen molar-refractivity contribution >= 4 is 43.5 Å². The number of aryl methyl sites for hydroxylation is 1. The van der Waals surface area contributed by atoms with Crippen molar-refractivity contribution in [3.63, 3.8) is 0 Å². The van der Waals surface area contributed by atoms with Crippen LogP contribution in [0.3, 0.4) is 0 Å². The van der Waals surface area contributed by atoms with E-state index in [1.807, 2.05) is 11.8 Å². The molecular weight excluding hydrogens is 374 g/mol. The van der Waals surface area contributed by atoms with Gasteiger partial charge in [0.15, 0.2) is 5.72 Å². The lowest BCUT2D eigenvalue weighted by molar-refractivity contribution is -0.0229. The van der Waals surface area contributed by atoms with E-state index in [9.17, 15) is 5.11 Å². The van der Waals surface area contributed by atoms with E-state index in [4.69, 9.17) is 0 Å². The van der Waals surface area contributed by atoms with Crippen LogP contribution in [0.4, 0.5) is 5.69 Å². The summed E-state index contributed by atoms with van der Waals surface area (Å²) in [7, 11) is 0. The SMILES string of the molecule is Cc1cc(Br)c(N2CC(C)(O)N3CCN=C23)c(Br)c1. The molecular formula is C13H15Br2N3O. The summed E-state index contributed by atoms with van der Waals surface area (Å²) in [6, 6.07) is 4.15. The maximum atomic E-state index is 10.5. The molecule has 4 nitrogen and oxygen atoms in total. The van der Waals surface area contributed by atoms with Crippen LogP contribution < -0.4 is 4.90 Å². The number of halogens is 2. The molecule has 0 saturated carbocycles. The Bertz CT molecular complexity index is 548. The largest absolute Gasteiger partial charge is 0.369 e. The minimum Gasteiger partial charge on any atom is -0.369 e. The number of aliphatic imine (C=N–C) groups is 1. The van der Waals surface area contributed by atoms with E-state index in [1.165, 1.54) is 5.56 Å². The summed E-state index contributed by atoms with van der Waals surface area (Å²) in [4.78, 5) is 8.56. The standard InChI is InChI=1S/C13H15Br2N3O/c1-8-5-9(14)11(10(15)6-8)17-7-13(2,19)18-4-3-16-12(17)18/h5-6,19H,3-4,7H2,1-2H3. The molecule has 2 heterocycles. The van der Waals surface area contributed by atoms with Gasteiger partial charge in [-0.05, 0) is 63.4 Å². The predicted molar refractivity (Wildman–Crippen MR) is 83.6 cm³/mol. The highest BCUT2D eigenvalue weighted by Crippen LogP contribution is 2.40. The van der Waals surface area contributed by atoms with Gasteiger partial charge < -0.3 is 14.9 Å². The molecule has 1 atom stereocenters. The first-order valence-corrected chi connectivity index (χ1v) is 7.76. The predicted octanol–water partition coefficient (Wildman–Crippen LogP) is 2.72. The Labute approximate surface area is 129 Å². The van der Waals surface area contributed by atoms with Gasteiger partial charge in [0.1, 0.15) is 0 Å². The highest BCUT2D eigenvalue weighted by molar-refractivity contribution is 9.11. The van der Waals surface area contributed by atoms with Crippen molar-refractivity contribution < 1.29 is 5.11 Å². The van der Waals surface area contributed by atoms with Crippen LogP contribution in [0.25, 0.3) is 0 Å². The van der Waals surface area contributed by atoms with Crippen molar-refractivity contribution in [2.24, 2.45) is 4.99 Å². The minimum atomic E-state index is -0.862. The summed E-state index contributed by atoms with van der Waals surface area (Å²) in [5, 5.41) is 10.5. The number of nitrogens with zero attached hydrogens (tertiary/aromatic N) is 3. The number of benzene rings is 1. The number of hydrogen-bond donors (Lipinski definition) is 1. The Morgan fingerprint density at radius 1 is 1.32 bits per heavy atom. The number of fused-ring (bicyclic) bond motifs is 1. The number of guanidine groups is 1. The first-order valence-electron chi connectivity index (χ1n) is 6.18. The summed E-state index contributed by atoms with van der Waals surface area (Å²) >= 11 is 7.23. The molecule has 3 rings (SSSR count). The van der Waals surface area contributed by atoms with Crippen molar-refractivity contribution in [1.82, 2.24) is 4.90 Å². The van der Waals surface area contributed by atoms with Crippen LogP contribution in [-0.2, 0) is 0 Å². The molecule has 2 aliphatic heterocycles. The molecule has 1 aromatic carbocycles. The summed E-state index contributed by atoms with van der Waals surface area (Å²) < 4.78 is 2.01. The molecule has 0 spiro atoms. The van der Waals surface area contributed by atoms with Crippen LogP contribution in [0.15, 0.2) is 26.1 Å². The first kappa shape index (κ1) is 13.4. The second-order valence-electron chi connectivity index (χ2n) is 5.21. The quantitative estimate of drug-likeness (QED) is 0.803. The van der Waals surface area contributed by atoms with Crippen molar-refractivity contribution in [1.29, 1.82) is 0 Å². The maximum absolute atomic E-state index is 10.5. The molecule has 1 N–H and O–H groups in total. The smallest absolute Gasteiger partial charge is 0.203 e. The molecule has 1 fully saturated rings. The molecule has 102 valence electrons. The molecule has 1 unspecified atom stereocenters. The van der Waals surface area contributed by atoms with Crippen molar-refractivity contribution in [3.8, 4) is 0 Å². The molecule has 1 saturated heterocycles. The molecule has 6 heteroatoms. The fraction of sp³-hybridized carbons (Fsp3) is 0.462.